The highest BCUT2D eigenvalue weighted by Crippen LogP contribution is 2.33. The average Bonchev–Trinajstić information content (AvgIpc) is 3.14. The highest BCUT2D eigenvalue weighted by Gasteiger charge is 2.29. The molecule has 146 valence electrons. The predicted octanol–water partition coefficient (Wildman–Crippen LogP) is 4.64. The molecule has 3 heterocycles. The zero-order valence-corrected chi connectivity index (χ0v) is 17.1. The molecular formula is C21H21BrFN3O2. The van der Waals surface area contributed by atoms with Crippen LogP contribution in [-0.2, 0) is 4.79 Å². The summed E-state index contributed by atoms with van der Waals surface area (Å²) >= 11 is 3.27. The first-order chi connectivity index (χ1) is 13.5. The molecule has 0 spiro atoms. The Balaban J connectivity index is 1.38. The molecule has 2 aromatic heterocycles. The quantitative estimate of drug-likeness (QED) is 0.636. The van der Waals surface area contributed by atoms with Gasteiger partial charge in [0, 0.05) is 30.9 Å². The van der Waals surface area contributed by atoms with Crippen LogP contribution in [0, 0.1) is 5.82 Å². The summed E-state index contributed by atoms with van der Waals surface area (Å²) in [5, 5.41) is 1.16. The third kappa shape index (κ3) is 3.76. The Morgan fingerprint density at radius 3 is 2.89 bits per heavy atom. The number of halogens is 2. The number of piperidine rings is 1. The molecule has 1 unspecified atom stereocenters. The van der Waals surface area contributed by atoms with Crippen molar-refractivity contribution in [3.8, 4) is 5.75 Å². The molecule has 1 amide bonds. The van der Waals surface area contributed by atoms with Crippen LogP contribution >= 0.6 is 15.9 Å². The van der Waals surface area contributed by atoms with Gasteiger partial charge in [-0.15, -0.1) is 0 Å². The third-order valence-corrected chi connectivity index (χ3v) is 5.89. The van der Waals surface area contributed by atoms with Crippen molar-refractivity contribution in [1.29, 1.82) is 0 Å². The van der Waals surface area contributed by atoms with E-state index in [1.165, 1.54) is 23.8 Å². The predicted molar refractivity (Wildman–Crippen MR) is 109 cm³/mol. The molecule has 0 saturated carbocycles. The number of H-pyrrole nitrogens is 1. The Labute approximate surface area is 171 Å². The van der Waals surface area contributed by atoms with Crippen LogP contribution in [0.4, 0.5) is 4.39 Å². The highest BCUT2D eigenvalue weighted by molar-refractivity contribution is 9.10. The summed E-state index contributed by atoms with van der Waals surface area (Å²) in [6.45, 7) is 3.11. The number of amides is 1. The number of hydrogen-bond acceptors (Lipinski definition) is 3. The summed E-state index contributed by atoms with van der Waals surface area (Å²) in [6.07, 6.45) is 5.00. The van der Waals surface area contributed by atoms with Gasteiger partial charge in [-0.2, -0.15) is 0 Å². The zero-order valence-electron chi connectivity index (χ0n) is 15.5. The summed E-state index contributed by atoms with van der Waals surface area (Å²) in [6, 6.07) is 8.21. The van der Waals surface area contributed by atoms with Crippen LogP contribution in [0.15, 0.2) is 47.2 Å². The van der Waals surface area contributed by atoms with Crippen LogP contribution in [0.3, 0.4) is 0 Å². The number of fused-ring (bicyclic) bond motifs is 1. The van der Waals surface area contributed by atoms with E-state index < -0.39 is 6.10 Å². The van der Waals surface area contributed by atoms with Gasteiger partial charge in [-0.25, -0.2) is 9.37 Å². The topological polar surface area (TPSA) is 58.2 Å². The van der Waals surface area contributed by atoms with Gasteiger partial charge in [0.15, 0.2) is 6.10 Å². The molecule has 0 aliphatic carbocycles. The first-order valence-corrected chi connectivity index (χ1v) is 10.1. The lowest BCUT2D eigenvalue weighted by molar-refractivity contribution is -0.139. The largest absolute Gasteiger partial charge is 0.480 e. The number of likely N-dealkylation sites (tertiary alicyclic amines) is 1. The number of aromatic nitrogens is 2. The number of rotatable bonds is 4. The summed E-state index contributed by atoms with van der Waals surface area (Å²) in [5.41, 5.74) is 2.18. The molecule has 0 bridgehead atoms. The van der Waals surface area contributed by atoms with Crippen molar-refractivity contribution in [1.82, 2.24) is 14.9 Å². The van der Waals surface area contributed by atoms with E-state index in [-0.39, 0.29) is 11.7 Å². The van der Waals surface area contributed by atoms with Gasteiger partial charge >= 0.3 is 0 Å². The van der Waals surface area contributed by atoms with E-state index in [9.17, 15) is 9.18 Å². The second kappa shape index (κ2) is 7.91. The average molecular weight is 446 g/mol. The molecule has 1 aliphatic rings. The fraction of sp³-hybridized carbons (Fsp3) is 0.333. The van der Waals surface area contributed by atoms with Gasteiger partial charge in [-0.1, -0.05) is 0 Å². The van der Waals surface area contributed by atoms with Gasteiger partial charge in [-0.05, 0) is 77.5 Å². The molecule has 7 heteroatoms. The fourth-order valence-electron chi connectivity index (χ4n) is 3.79. The minimum absolute atomic E-state index is 0.0460. The number of nitrogens with one attached hydrogen (secondary N) is 1. The van der Waals surface area contributed by atoms with E-state index in [2.05, 4.69) is 32.0 Å². The van der Waals surface area contributed by atoms with Crippen LogP contribution in [0.1, 0.15) is 31.2 Å². The number of carbonyl (C=O) groups excluding carboxylic acids is 1. The van der Waals surface area contributed by atoms with E-state index in [0.29, 0.717) is 29.2 Å². The molecule has 3 aromatic rings. The smallest absolute Gasteiger partial charge is 0.263 e. The van der Waals surface area contributed by atoms with E-state index in [1.54, 1.807) is 13.1 Å². The molecule has 1 atom stereocenters. The number of ether oxygens (including phenoxy) is 1. The monoisotopic (exact) mass is 445 g/mol. The van der Waals surface area contributed by atoms with Gasteiger partial charge in [0.05, 0.1) is 4.47 Å². The molecular weight excluding hydrogens is 425 g/mol. The fourth-order valence-corrected chi connectivity index (χ4v) is 4.24. The summed E-state index contributed by atoms with van der Waals surface area (Å²) < 4.78 is 19.5. The zero-order chi connectivity index (χ0) is 19.7. The first kappa shape index (κ1) is 18.9. The van der Waals surface area contributed by atoms with Crippen molar-refractivity contribution in [2.24, 2.45) is 0 Å². The SMILES string of the molecule is CC(Oc1ccc(F)cc1Br)C(=O)N1CCC(c2c[nH]c3ncccc23)CC1. The van der Waals surface area contributed by atoms with E-state index >= 15 is 0 Å². The molecule has 1 saturated heterocycles. The van der Waals surface area contributed by atoms with Crippen molar-refractivity contribution in [2.75, 3.05) is 13.1 Å². The van der Waals surface area contributed by atoms with Crippen LogP contribution in [0.5, 0.6) is 5.75 Å². The van der Waals surface area contributed by atoms with E-state index in [0.717, 1.165) is 23.9 Å². The van der Waals surface area contributed by atoms with Crippen molar-refractivity contribution in [2.45, 2.75) is 31.8 Å². The van der Waals surface area contributed by atoms with Gasteiger partial charge in [-0.3, -0.25) is 4.79 Å². The van der Waals surface area contributed by atoms with Crippen molar-refractivity contribution in [3.05, 3.63) is 58.6 Å². The maximum Gasteiger partial charge on any atom is 0.263 e. The second-order valence-electron chi connectivity index (χ2n) is 7.08. The van der Waals surface area contributed by atoms with Gasteiger partial charge in [0.1, 0.15) is 17.2 Å². The number of pyridine rings is 1. The van der Waals surface area contributed by atoms with Crippen molar-refractivity contribution >= 4 is 32.9 Å². The molecule has 5 nitrogen and oxygen atoms in total. The lowest BCUT2D eigenvalue weighted by atomic mass is 9.89. The Morgan fingerprint density at radius 2 is 2.14 bits per heavy atom. The number of benzene rings is 1. The van der Waals surface area contributed by atoms with Crippen LogP contribution in [-0.4, -0.2) is 40.0 Å². The van der Waals surface area contributed by atoms with Gasteiger partial charge in [0.25, 0.3) is 5.91 Å². The molecule has 1 N–H and O–H groups in total. The molecule has 1 aromatic carbocycles. The van der Waals surface area contributed by atoms with E-state index in [4.69, 9.17) is 4.74 Å². The van der Waals surface area contributed by atoms with Crippen LogP contribution in [0.2, 0.25) is 0 Å². The lowest BCUT2D eigenvalue weighted by Gasteiger charge is -2.33. The van der Waals surface area contributed by atoms with Gasteiger partial charge < -0.3 is 14.6 Å². The minimum Gasteiger partial charge on any atom is -0.480 e. The molecule has 1 fully saturated rings. The molecule has 4 rings (SSSR count). The van der Waals surface area contributed by atoms with Crippen LogP contribution < -0.4 is 4.74 Å². The lowest BCUT2D eigenvalue weighted by Crippen LogP contribution is -2.44. The number of nitrogens with zero attached hydrogens (tertiary/aromatic N) is 2. The summed E-state index contributed by atoms with van der Waals surface area (Å²) in [4.78, 5) is 22.2. The third-order valence-electron chi connectivity index (χ3n) is 5.28. The minimum atomic E-state index is -0.629. The highest BCUT2D eigenvalue weighted by atomic mass is 79.9. The van der Waals surface area contributed by atoms with Crippen LogP contribution in [0.25, 0.3) is 11.0 Å². The summed E-state index contributed by atoms with van der Waals surface area (Å²) in [7, 11) is 0. The van der Waals surface area contributed by atoms with Crippen molar-refractivity contribution < 1.29 is 13.9 Å². The van der Waals surface area contributed by atoms with Crippen molar-refractivity contribution in [3.63, 3.8) is 0 Å². The van der Waals surface area contributed by atoms with Gasteiger partial charge in [0.2, 0.25) is 0 Å². The Kier molecular flexibility index (Phi) is 5.35. The number of aromatic amines is 1. The normalized spacial score (nSPS) is 16.3. The molecule has 1 aliphatic heterocycles. The molecule has 28 heavy (non-hydrogen) atoms. The van der Waals surface area contributed by atoms with E-state index in [1.807, 2.05) is 17.2 Å². The number of hydrogen-bond donors (Lipinski definition) is 1. The Hall–Kier alpha value is -2.41. The first-order valence-electron chi connectivity index (χ1n) is 9.35. The number of carbonyl (C=O) groups is 1. The summed E-state index contributed by atoms with van der Waals surface area (Å²) in [5.74, 6) is 0.468. The maximum atomic E-state index is 13.2. The molecule has 0 radical (unpaired) electrons. The maximum absolute atomic E-state index is 13.2. The Bertz CT molecular complexity index is 998. The standard InChI is InChI=1S/C21H21BrFN3O2/c1-13(28-19-5-4-15(23)11-18(19)22)21(27)26-9-6-14(7-10-26)17-12-25-20-16(17)3-2-8-24-20/h2-5,8,11-14H,6-7,9-10H2,1H3,(H,24,25). The Morgan fingerprint density at radius 1 is 1.36 bits per heavy atom. The second-order valence-corrected chi connectivity index (χ2v) is 7.93.